The minimum absolute atomic E-state index is 0.125. The van der Waals surface area contributed by atoms with Crippen molar-refractivity contribution in [3.05, 3.63) is 52.1 Å². The first-order valence-electron chi connectivity index (χ1n) is 10.8. The van der Waals surface area contributed by atoms with Crippen molar-refractivity contribution < 1.29 is 33.5 Å². The summed E-state index contributed by atoms with van der Waals surface area (Å²) in [7, 11) is 1.35. The Morgan fingerprint density at radius 1 is 1.18 bits per heavy atom. The molecule has 1 atom stereocenters. The monoisotopic (exact) mass is 473 g/mol. The highest BCUT2D eigenvalue weighted by Crippen LogP contribution is 2.35. The number of nitrogens with zero attached hydrogens (tertiary/aromatic N) is 2. The number of hydrogen-bond acceptors (Lipinski definition) is 9. The lowest BCUT2D eigenvalue weighted by Crippen LogP contribution is -2.36. The van der Waals surface area contributed by atoms with Crippen LogP contribution in [0.4, 0.5) is 17.1 Å². The summed E-state index contributed by atoms with van der Waals surface area (Å²) in [4.78, 5) is 38.2. The molecule has 1 aliphatic rings. The number of ether oxygens (including phenoxy) is 4. The number of carbonyl (C=O) groups excluding carboxylic acids is 2. The van der Waals surface area contributed by atoms with E-state index in [0.29, 0.717) is 18.9 Å². The van der Waals surface area contributed by atoms with Crippen molar-refractivity contribution in [3.8, 4) is 11.5 Å². The highest BCUT2D eigenvalue weighted by molar-refractivity contribution is 5.99. The minimum Gasteiger partial charge on any atom is -0.493 e. The van der Waals surface area contributed by atoms with Crippen LogP contribution in [0.1, 0.15) is 24.2 Å². The summed E-state index contributed by atoms with van der Waals surface area (Å²) in [6.07, 6.45) is -1.21. The Labute approximate surface area is 196 Å². The van der Waals surface area contributed by atoms with Crippen LogP contribution in [0.5, 0.6) is 11.5 Å². The highest BCUT2D eigenvalue weighted by atomic mass is 16.6. The second-order valence-corrected chi connectivity index (χ2v) is 7.39. The molecule has 34 heavy (non-hydrogen) atoms. The van der Waals surface area contributed by atoms with Crippen molar-refractivity contribution in [2.45, 2.75) is 20.0 Å². The number of hydrogen-bond donors (Lipinski definition) is 1. The fourth-order valence-electron chi connectivity index (χ4n) is 3.39. The van der Waals surface area contributed by atoms with Gasteiger partial charge in [-0.2, -0.15) is 0 Å². The summed E-state index contributed by atoms with van der Waals surface area (Å²) in [5.74, 6) is -1.34. The third-order valence-electron chi connectivity index (χ3n) is 5.16. The molecule has 0 aliphatic carbocycles. The van der Waals surface area contributed by atoms with Gasteiger partial charge in [0.1, 0.15) is 5.56 Å². The third kappa shape index (κ3) is 5.93. The number of anilines is 2. The van der Waals surface area contributed by atoms with Crippen LogP contribution in [0.15, 0.2) is 36.4 Å². The molecule has 0 bridgehead atoms. The molecule has 11 heteroatoms. The molecule has 1 saturated heterocycles. The predicted octanol–water partition coefficient (Wildman–Crippen LogP) is 3.02. The van der Waals surface area contributed by atoms with Crippen LogP contribution in [-0.2, 0) is 14.3 Å². The normalized spacial score (nSPS) is 14.1. The number of nitrogens with one attached hydrogen (secondary N) is 1. The fraction of sp³-hybridized carbons (Fsp3) is 0.391. The van der Waals surface area contributed by atoms with Gasteiger partial charge in [0, 0.05) is 30.5 Å². The molecule has 0 spiro atoms. The number of benzene rings is 2. The van der Waals surface area contributed by atoms with Crippen LogP contribution >= 0.6 is 0 Å². The van der Waals surface area contributed by atoms with Gasteiger partial charge in [0.25, 0.3) is 11.6 Å². The standard InChI is InChI=1S/C23H27N3O8/c1-4-33-21-14-19(26(29)30)18(13-20(21)31-3)23(28)34-15(2)22(27)24-16-5-7-17(8-6-16)25-9-11-32-12-10-25/h5-8,13-15H,4,9-12H2,1-3H3,(H,24,27). The Kier molecular flexibility index (Phi) is 8.25. The van der Waals surface area contributed by atoms with E-state index >= 15 is 0 Å². The van der Waals surface area contributed by atoms with E-state index in [9.17, 15) is 19.7 Å². The summed E-state index contributed by atoms with van der Waals surface area (Å²) >= 11 is 0. The molecule has 0 aromatic heterocycles. The number of nitro benzene ring substituents is 1. The van der Waals surface area contributed by atoms with Gasteiger partial charge < -0.3 is 29.2 Å². The van der Waals surface area contributed by atoms with E-state index in [1.807, 2.05) is 12.1 Å². The number of methoxy groups -OCH3 is 1. The maximum absolute atomic E-state index is 12.7. The van der Waals surface area contributed by atoms with E-state index in [4.69, 9.17) is 18.9 Å². The van der Waals surface area contributed by atoms with Gasteiger partial charge in [-0.3, -0.25) is 14.9 Å². The largest absolute Gasteiger partial charge is 0.493 e. The molecule has 0 saturated carbocycles. The first-order valence-corrected chi connectivity index (χ1v) is 10.8. The van der Waals surface area contributed by atoms with E-state index in [1.54, 1.807) is 19.1 Å². The first kappa shape index (κ1) is 24.8. The van der Waals surface area contributed by atoms with Gasteiger partial charge in [-0.05, 0) is 38.1 Å². The molecule has 2 aromatic carbocycles. The molecular formula is C23H27N3O8. The van der Waals surface area contributed by atoms with Crippen molar-refractivity contribution in [3.63, 3.8) is 0 Å². The maximum Gasteiger partial charge on any atom is 0.346 e. The summed E-state index contributed by atoms with van der Waals surface area (Å²) in [6, 6.07) is 9.53. The zero-order chi connectivity index (χ0) is 24.7. The summed E-state index contributed by atoms with van der Waals surface area (Å²) < 4.78 is 21.0. The van der Waals surface area contributed by atoms with Gasteiger partial charge in [-0.25, -0.2) is 4.79 Å². The molecule has 1 amide bonds. The Hall–Kier alpha value is -3.86. The average Bonchev–Trinajstić information content (AvgIpc) is 2.84. The topological polar surface area (TPSA) is 129 Å². The molecule has 1 aliphatic heterocycles. The number of rotatable bonds is 9. The van der Waals surface area contributed by atoms with Crippen LogP contribution in [0.3, 0.4) is 0 Å². The lowest BCUT2D eigenvalue weighted by atomic mass is 10.1. The molecule has 1 unspecified atom stereocenters. The van der Waals surface area contributed by atoms with Gasteiger partial charge >= 0.3 is 5.97 Å². The third-order valence-corrected chi connectivity index (χ3v) is 5.16. The molecular weight excluding hydrogens is 446 g/mol. The Morgan fingerprint density at radius 2 is 1.85 bits per heavy atom. The summed E-state index contributed by atoms with van der Waals surface area (Å²) in [5, 5.41) is 14.2. The van der Waals surface area contributed by atoms with Gasteiger partial charge in [-0.15, -0.1) is 0 Å². The number of amides is 1. The molecule has 1 N–H and O–H groups in total. The van der Waals surface area contributed by atoms with Crippen LogP contribution in [0.25, 0.3) is 0 Å². The Morgan fingerprint density at radius 3 is 2.44 bits per heavy atom. The molecule has 11 nitrogen and oxygen atoms in total. The second-order valence-electron chi connectivity index (χ2n) is 7.39. The number of esters is 1. The smallest absolute Gasteiger partial charge is 0.346 e. The van der Waals surface area contributed by atoms with Gasteiger partial charge in [0.15, 0.2) is 17.6 Å². The van der Waals surface area contributed by atoms with Crippen LogP contribution in [0.2, 0.25) is 0 Å². The van der Waals surface area contributed by atoms with E-state index in [-0.39, 0.29) is 23.7 Å². The van der Waals surface area contributed by atoms with Gasteiger partial charge in [-0.1, -0.05) is 0 Å². The highest BCUT2D eigenvalue weighted by Gasteiger charge is 2.28. The second kappa shape index (κ2) is 11.3. The van der Waals surface area contributed by atoms with Crippen molar-refractivity contribution >= 4 is 28.9 Å². The zero-order valence-corrected chi connectivity index (χ0v) is 19.2. The summed E-state index contributed by atoms with van der Waals surface area (Å²) in [6.45, 7) is 6.26. The molecule has 3 rings (SSSR count). The lowest BCUT2D eigenvalue weighted by molar-refractivity contribution is -0.385. The molecule has 2 aromatic rings. The van der Waals surface area contributed by atoms with Crippen molar-refractivity contribution in [2.24, 2.45) is 0 Å². The van der Waals surface area contributed by atoms with Crippen molar-refractivity contribution in [1.82, 2.24) is 0 Å². The van der Waals surface area contributed by atoms with Crippen LogP contribution in [-0.4, -0.2) is 62.9 Å². The van der Waals surface area contributed by atoms with E-state index in [0.717, 1.165) is 24.8 Å². The molecule has 1 heterocycles. The van der Waals surface area contributed by atoms with Crippen LogP contribution in [0, 0.1) is 10.1 Å². The SMILES string of the molecule is CCOc1cc([N+](=O)[O-])c(C(=O)OC(C)C(=O)Nc2ccc(N3CCOCC3)cc2)cc1OC. The van der Waals surface area contributed by atoms with Crippen molar-refractivity contribution in [1.29, 1.82) is 0 Å². The number of nitro groups is 1. The van der Waals surface area contributed by atoms with Gasteiger partial charge in [0.05, 0.1) is 37.9 Å². The van der Waals surface area contributed by atoms with Gasteiger partial charge in [0.2, 0.25) is 0 Å². The molecule has 182 valence electrons. The van der Waals surface area contributed by atoms with E-state index < -0.39 is 28.6 Å². The molecule has 0 radical (unpaired) electrons. The Bertz CT molecular complexity index is 1040. The number of carbonyl (C=O) groups is 2. The number of morpholine rings is 1. The average molecular weight is 473 g/mol. The quantitative estimate of drug-likeness (QED) is 0.332. The fourth-order valence-corrected chi connectivity index (χ4v) is 3.39. The first-order chi connectivity index (χ1) is 16.3. The van der Waals surface area contributed by atoms with E-state index in [2.05, 4.69) is 10.2 Å². The molecule has 1 fully saturated rings. The van der Waals surface area contributed by atoms with Crippen LogP contribution < -0.4 is 19.7 Å². The lowest BCUT2D eigenvalue weighted by Gasteiger charge is -2.28. The predicted molar refractivity (Wildman–Crippen MR) is 124 cm³/mol. The van der Waals surface area contributed by atoms with Crippen molar-refractivity contribution in [2.75, 3.05) is 50.2 Å². The maximum atomic E-state index is 12.7. The zero-order valence-electron chi connectivity index (χ0n) is 19.2. The Balaban J connectivity index is 1.67. The minimum atomic E-state index is -1.21. The van der Waals surface area contributed by atoms with E-state index in [1.165, 1.54) is 20.1 Å². The summed E-state index contributed by atoms with van der Waals surface area (Å²) in [5.41, 5.74) is 0.677.